The van der Waals surface area contributed by atoms with Gasteiger partial charge in [-0.3, -0.25) is 15.0 Å². The van der Waals surface area contributed by atoms with E-state index in [1.807, 2.05) is 60.7 Å². The molecule has 0 saturated carbocycles. The Hall–Kier alpha value is -3.17. The minimum Gasteiger partial charge on any atom is -0.488 e. The van der Waals surface area contributed by atoms with Crippen LogP contribution in [-0.4, -0.2) is 21.1 Å². The Bertz CT molecular complexity index is 1470. The lowest BCUT2D eigenvalue weighted by Crippen LogP contribution is -2.44. The zero-order valence-corrected chi connectivity index (χ0v) is 21.3. The highest BCUT2D eigenvalue weighted by Crippen LogP contribution is 2.36. The Labute approximate surface area is 220 Å². The summed E-state index contributed by atoms with van der Waals surface area (Å²) < 4.78 is 6.42. The zero-order chi connectivity index (χ0) is 24.4. The Balaban J connectivity index is 1.46. The molecule has 1 saturated heterocycles. The summed E-state index contributed by atoms with van der Waals surface area (Å²) in [6, 6.07) is 22.7. The van der Waals surface area contributed by atoms with Crippen molar-refractivity contribution in [3.05, 3.63) is 104 Å². The van der Waals surface area contributed by atoms with Crippen LogP contribution in [0.1, 0.15) is 20.8 Å². The van der Waals surface area contributed by atoms with Crippen LogP contribution in [0.25, 0.3) is 16.8 Å². The second-order valence-corrected chi connectivity index (χ2v) is 10.6. The first-order chi connectivity index (χ1) is 17.0. The van der Waals surface area contributed by atoms with E-state index in [9.17, 15) is 9.59 Å². The molecule has 4 aromatic rings. The number of amides is 2. The molecule has 3 aromatic carbocycles. The number of thiocarbonyl (C=S) groups is 1. The monoisotopic (exact) mass is 536 g/mol. The molecule has 0 radical (unpaired) electrons. The van der Waals surface area contributed by atoms with Crippen molar-refractivity contribution in [1.82, 2.24) is 10.4 Å². The number of nitrogens with one attached hydrogen (secondary N) is 1. The van der Waals surface area contributed by atoms with Gasteiger partial charge in [0.1, 0.15) is 12.4 Å². The largest absolute Gasteiger partial charge is 0.488 e. The predicted molar refractivity (Wildman–Crippen MR) is 147 cm³/mol. The number of halogens is 1. The number of thiophene rings is 1. The molecule has 1 aromatic heterocycles. The zero-order valence-electron chi connectivity index (χ0n) is 18.1. The molecule has 0 spiro atoms. The molecule has 1 aliphatic rings. The number of nitrogens with zero attached hydrogens (tertiary/aromatic N) is 1. The van der Waals surface area contributed by atoms with Crippen molar-refractivity contribution >= 4 is 79.9 Å². The first-order valence-corrected chi connectivity index (χ1v) is 13.0. The molecule has 9 heteroatoms. The van der Waals surface area contributed by atoms with Crippen LogP contribution in [0.4, 0.5) is 0 Å². The molecule has 35 heavy (non-hydrogen) atoms. The average Bonchev–Trinajstić information content (AvgIpc) is 3.49. The van der Waals surface area contributed by atoms with Gasteiger partial charge in [-0.1, -0.05) is 71.9 Å². The Morgan fingerprint density at radius 3 is 2.63 bits per heavy atom. The van der Waals surface area contributed by atoms with Gasteiger partial charge in [-0.2, -0.15) is 5.01 Å². The SMILES string of the molecule is O=C(NN1C(=O)/C(=C\c2c(OCc3ccc(Cl)cc3)ccc3ccccc23)SC1=S)c1cccs1. The first-order valence-electron chi connectivity index (χ1n) is 10.5. The second-order valence-electron chi connectivity index (χ2n) is 7.55. The van der Waals surface area contributed by atoms with Crippen LogP contribution in [0.5, 0.6) is 5.75 Å². The third-order valence-electron chi connectivity index (χ3n) is 5.27. The van der Waals surface area contributed by atoms with Crippen LogP contribution in [0, 0.1) is 0 Å². The van der Waals surface area contributed by atoms with Crippen molar-refractivity contribution in [2.75, 3.05) is 0 Å². The molecule has 1 fully saturated rings. The van der Waals surface area contributed by atoms with Crippen LogP contribution in [0.3, 0.4) is 0 Å². The van der Waals surface area contributed by atoms with Crippen molar-refractivity contribution in [3.8, 4) is 5.75 Å². The lowest BCUT2D eigenvalue weighted by Gasteiger charge is -2.15. The predicted octanol–water partition coefficient (Wildman–Crippen LogP) is 6.68. The van der Waals surface area contributed by atoms with Crippen LogP contribution in [0.2, 0.25) is 5.02 Å². The lowest BCUT2D eigenvalue weighted by molar-refractivity contribution is -0.123. The number of rotatable bonds is 6. The van der Waals surface area contributed by atoms with Crippen molar-refractivity contribution in [3.63, 3.8) is 0 Å². The molecule has 1 aliphatic heterocycles. The van der Waals surface area contributed by atoms with Crippen LogP contribution < -0.4 is 10.2 Å². The normalized spacial score (nSPS) is 14.7. The van der Waals surface area contributed by atoms with Gasteiger partial charge in [-0.25, -0.2) is 0 Å². The van der Waals surface area contributed by atoms with Gasteiger partial charge in [0.2, 0.25) is 0 Å². The first kappa shape index (κ1) is 23.6. The Kier molecular flexibility index (Phi) is 6.88. The molecular weight excluding hydrogens is 520 g/mol. The summed E-state index contributed by atoms with van der Waals surface area (Å²) in [4.78, 5) is 26.5. The number of benzene rings is 3. The van der Waals surface area contributed by atoms with E-state index in [2.05, 4.69) is 5.43 Å². The minimum absolute atomic E-state index is 0.259. The quantitative estimate of drug-likeness (QED) is 0.220. The van der Waals surface area contributed by atoms with Crippen molar-refractivity contribution < 1.29 is 14.3 Å². The third-order valence-corrected chi connectivity index (χ3v) is 7.69. The molecule has 0 atom stereocenters. The summed E-state index contributed by atoms with van der Waals surface area (Å²) in [5.41, 5.74) is 4.34. The van der Waals surface area contributed by atoms with Gasteiger partial charge in [0.25, 0.3) is 11.8 Å². The van der Waals surface area contributed by atoms with Crippen LogP contribution in [0.15, 0.2) is 83.1 Å². The van der Waals surface area contributed by atoms with Gasteiger partial charge < -0.3 is 4.74 Å². The second kappa shape index (κ2) is 10.2. The van der Waals surface area contributed by atoms with Crippen LogP contribution >= 0.6 is 46.9 Å². The number of ether oxygens (including phenoxy) is 1. The van der Waals surface area contributed by atoms with E-state index >= 15 is 0 Å². The van der Waals surface area contributed by atoms with Gasteiger partial charge in [-0.15, -0.1) is 11.3 Å². The summed E-state index contributed by atoms with van der Waals surface area (Å²) in [5, 5.41) is 5.53. The van der Waals surface area contributed by atoms with Gasteiger partial charge >= 0.3 is 0 Å². The molecule has 5 nitrogen and oxygen atoms in total. The summed E-state index contributed by atoms with van der Waals surface area (Å²) >= 11 is 13.8. The number of hydrogen-bond donors (Lipinski definition) is 1. The maximum absolute atomic E-state index is 13.2. The van der Waals surface area contributed by atoms with E-state index in [-0.39, 0.29) is 16.1 Å². The van der Waals surface area contributed by atoms with E-state index in [4.69, 9.17) is 28.6 Å². The molecule has 2 amide bonds. The van der Waals surface area contributed by atoms with E-state index < -0.39 is 0 Å². The Morgan fingerprint density at radius 1 is 1.06 bits per heavy atom. The number of fused-ring (bicyclic) bond motifs is 1. The van der Waals surface area contributed by atoms with E-state index in [1.165, 1.54) is 11.3 Å². The number of thioether (sulfide) groups is 1. The molecular formula is C26H17ClN2O3S3. The van der Waals surface area contributed by atoms with Crippen molar-refractivity contribution in [2.24, 2.45) is 0 Å². The molecule has 0 aliphatic carbocycles. The van der Waals surface area contributed by atoms with E-state index in [0.29, 0.717) is 27.2 Å². The van der Waals surface area contributed by atoms with E-state index in [1.54, 1.807) is 23.6 Å². The average molecular weight is 537 g/mol. The van der Waals surface area contributed by atoms with Gasteiger partial charge in [-0.05, 0) is 64.3 Å². The third kappa shape index (κ3) is 5.11. The standard InChI is InChI=1S/C26H17ClN2O3S3/c27-18-10-7-16(8-11-18)15-32-21-12-9-17-4-1-2-5-19(17)20(21)14-23-25(31)29(26(33)35-23)28-24(30)22-6-3-13-34-22/h1-14H,15H2,(H,28,30)/b23-14+. The van der Waals surface area contributed by atoms with Gasteiger partial charge in [0, 0.05) is 10.6 Å². The fourth-order valence-corrected chi connectivity index (χ4v) is 5.45. The maximum atomic E-state index is 13.2. The molecule has 0 unspecified atom stereocenters. The Morgan fingerprint density at radius 2 is 1.86 bits per heavy atom. The molecule has 5 rings (SSSR count). The fraction of sp³-hybridized carbons (Fsp3) is 0.0385. The maximum Gasteiger partial charge on any atom is 0.285 e. The lowest BCUT2D eigenvalue weighted by atomic mass is 10.0. The summed E-state index contributed by atoms with van der Waals surface area (Å²) in [6.45, 7) is 0.341. The molecule has 174 valence electrons. The summed E-state index contributed by atoms with van der Waals surface area (Å²) in [5.74, 6) is -0.136. The number of carbonyl (C=O) groups is 2. The highest BCUT2D eigenvalue weighted by molar-refractivity contribution is 8.26. The smallest absolute Gasteiger partial charge is 0.285 e. The molecule has 1 N–H and O–H groups in total. The molecule has 0 bridgehead atoms. The van der Waals surface area contributed by atoms with E-state index in [0.717, 1.165) is 38.7 Å². The highest BCUT2D eigenvalue weighted by Gasteiger charge is 2.34. The van der Waals surface area contributed by atoms with Gasteiger partial charge in [0.15, 0.2) is 4.32 Å². The van der Waals surface area contributed by atoms with Gasteiger partial charge in [0.05, 0.1) is 9.78 Å². The number of hydrogen-bond acceptors (Lipinski definition) is 6. The highest BCUT2D eigenvalue weighted by atomic mass is 35.5. The molecule has 2 heterocycles. The topological polar surface area (TPSA) is 58.6 Å². The fourth-order valence-electron chi connectivity index (χ4n) is 3.55. The van der Waals surface area contributed by atoms with Crippen LogP contribution in [-0.2, 0) is 11.4 Å². The number of carbonyl (C=O) groups excluding carboxylic acids is 2. The van der Waals surface area contributed by atoms with Crippen molar-refractivity contribution in [2.45, 2.75) is 6.61 Å². The summed E-state index contributed by atoms with van der Waals surface area (Å²) in [7, 11) is 0. The summed E-state index contributed by atoms with van der Waals surface area (Å²) in [6.07, 6.45) is 1.77. The van der Waals surface area contributed by atoms with Crippen molar-refractivity contribution in [1.29, 1.82) is 0 Å². The minimum atomic E-state index is -0.388. The number of hydrazine groups is 1.